The summed E-state index contributed by atoms with van der Waals surface area (Å²) in [6, 6.07) is 10.9. The zero-order valence-electron chi connectivity index (χ0n) is 17.2. The van der Waals surface area contributed by atoms with Crippen LogP contribution in [0.2, 0.25) is 0 Å². The topological polar surface area (TPSA) is 127 Å². The molecule has 0 radical (unpaired) electrons. The highest BCUT2D eigenvalue weighted by Gasteiger charge is 2.48. The van der Waals surface area contributed by atoms with Crippen molar-refractivity contribution in [2.24, 2.45) is 11.8 Å². The second kappa shape index (κ2) is 7.93. The fourth-order valence-corrected chi connectivity index (χ4v) is 3.81. The summed E-state index contributed by atoms with van der Waals surface area (Å²) in [7, 11) is 0. The van der Waals surface area contributed by atoms with Gasteiger partial charge in [-0.15, -0.1) is 5.06 Å². The number of benzene rings is 2. The molecule has 3 aliphatic rings. The van der Waals surface area contributed by atoms with Gasteiger partial charge in [-0.1, -0.05) is 41.5 Å². The molecule has 4 amide bonds. The Labute approximate surface area is 191 Å². The van der Waals surface area contributed by atoms with Crippen molar-refractivity contribution in [1.82, 2.24) is 10.1 Å². The van der Waals surface area contributed by atoms with Crippen LogP contribution >= 0.6 is 0 Å². The molecule has 0 saturated carbocycles. The molecule has 0 spiro atoms. The van der Waals surface area contributed by atoms with Crippen LogP contribution in [-0.2, 0) is 19.3 Å². The monoisotopic (exact) mass is 458 g/mol. The second-order valence-corrected chi connectivity index (χ2v) is 7.58. The largest absolute Gasteiger partial charge is 0.363 e. The third kappa shape index (κ3) is 3.28. The van der Waals surface area contributed by atoms with Gasteiger partial charge in [0.1, 0.15) is 0 Å². The summed E-state index contributed by atoms with van der Waals surface area (Å²) in [5.74, 6) is -6.24. The molecule has 2 aliphatic heterocycles. The van der Waals surface area contributed by atoms with E-state index in [1.54, 1.807) is 36.4 Å². The first-order valence-electron chi connectivity index (χ1n) is 10.1. The highest BCUT2D eigenvalue weighted by atomic mass is 16.7. The number of allylic oxidation sites excluding steroid dienone is 2. The molecule has 168 valence electrons. The molecule has 2 aromatic carbocycles. The molecular formula is C24H14N2O8. The normalized spacial score (nSPS) is 20.5. The van der Waals surface area contributed by atoms with Crippen molar-refractivity contribution in [3.63, 3.8) is 0 Å². The summed E-state index contributed by atoms with van der Waals surface area (Å²) in [4.78, 5) is 84.3. The van der Waals surface area contributed by atoms with Crippen molar-refractivity contribution in [2.75, 3.05) is 0 Å². The van der Waals surface area contributed by atoms with Gasteiger partial charge >= 0.3 is 11.9 Å². The Bertz CT molecular complexity index is 1280. The maximum Gasteiger partial charge on any atom is 0.363 e. The summed E-state index contributed by atoms with van der Waals surface area (Å²) in [5.41, 5.74) is 0.145. The van der Waals surface area contributed by atoms with Crippen LogP contribution in [0.25, 0.3) is 0 Å². The van der Waals surface area contributed by atoms with Gasteiger partial charge in [-0.2, -0.15) is 0 Å². The Morgan fingerprint density at radius 3 is 1.47 bits per heavy atom. The third-order valence-electron chi connectivity index (χ3n) is 5.57. The standard InChI is InChI=1S/C24H14N2O8/c27-19-15-5-1-2-6-16(15)20(28)25(19)33-23(31)13-9-11-14(12-10-13)24(32)34-26-21(29)17-7-3-4-8-18(17)22(26)30/h1-12,15-16H. The molecule has 1 aliphatic carbocycles. The van der Waals surface area contributed by atoms with E-state index in [1.165, 1.54) is 36.4 Å². The number of hydrogen-bond donors (Lipinski definition) is 0. The Morgan fingerprint density at radius 2 is 1.03 bits per heavy atom. The van der Waals surface area contributed by atoms with Crippen molar-refractivity contribution >= 4 is 35.6 Å². The van der Waals surface area contributed by atoms with Gasteiger partial charge in [-0.3, -0.25) is 19.2 Å². The van der Waals surface area contributed by atoms with E-state index in [0.29, 0.717) is 10.1 Å². The SMILES string of the molecule is O=C(ON1C(=O)c2ccccc2C1=O)c1ccc(C(=O)ON2C(=O)C3C=CC=CC3C2=O)cc1. The summed E-state index contributed by atoms with van der Waals surface area (Å²) in [6.45, 7) is 0. The van der Waals surface area contributed by atoms with Crippen LogP contribution in [0, 0.1) is 11.8 Å². The lowest BCUT2D eigenvalue weighted by Gasteiger charge is -2.14. The number of hydroxylamine groups is 4. The molecule has 2 heterocycles. The number of carbonyl (C=O) groups is 6. The summed E-state index contributed by atoms with van der Waals surface area (Å²) >= 11 is 0. The highest BCUT2D eigenvalue weighted by Crippen LogP contribution is 2.31. The van der Waals surface area contributed by atoms with Gasteiger partial charge < -0.3 is 9.68 Å². The second-order valence-electron chi connectivity index (χ2n) is 7.58. The van der Waals surface area contributed by atoms with Gasteiger partial charge in [0.15, 0.2) is 0 Å². The lowest BCUT2D eigenvalue weighted by Crippen LogP contribution is -2.33. The average Bonchev–Trinajstić information content (AvgIpc) is 3.25. The van der Waals surface area contributed by atoms with Gasteiger partial charge in [0.05, 0.1) is 34.1 Å². The van der Waals surface area contributed by atoms with Crippen LogP contribution in [0.1, 0.15) is 41.4 Å². The quantitative estimate of drug-likeness (QED) is 0.635. The minimum atomic E-state index is -0.998. The van der Waals surface area contributed by atoms with Crippen LogP contribution in [0.15, 0.2) is 72.8 Å². The van der Waals surface area contributed by atoms with Gasteiger partial charge in [0.2, 0.25) is 0 Å². The number of rotatable bonds is 4. The van der Waals surface area contributed by atoms with Gasteiger partial charge in [0.25, 0.3) is 23.6 Å². The Morgan fingerprint density at radius 1 is 0.618 bits per heavy atom. The maximum absolute atomic E-state index is 12.5. The zero-order chi connectivity index (χ0) is 24.0. The highest BCUT2D eigenvalue weighted by molar-refractivity contribution is 6.21. The first-order valence-corrected chi connectivity index (χ1v) is 10.1. The van der Waals surface area contributed by atoms with E-state index in [0.717, 1.165) is 0 Å². The molecule has 0 bridgehead atoms. The van der Waals surface area contributed by atoms with E-state index < -0.39 is 47.4 Å². The van der Waals surface area contributed by atoms with Crippen LogP contribution in [0.3, 0.4) is 0 Å². The Kier molecular flexibility index (Phi) is 4.90. The van der Waals surface area contributed by atoms with Gasteiger partial charge in [0, 0.05) is 0 Å². The molecule has 10 heteroatoms. The molecular weight excluding hydrogens is 444 g/mol. The molecule has 0 N–H and O–H groups in total. The third-order valence-corrected chi connectivity index (χ3v) is 5.57. The van der Waals surface area contributed by atoms with Crippen molar-refractivity contribution in [1.29, 1.82) is 0 Å². The number of nitrogens with zero attached hydrogens (tertiary/aromatic N) is 2. The molecule has 1 saturated heterocycles. The summed E-state index contributed by atoms with van der Waals surface area (Å²) < 4.78 is 0. The molecule has 2 atom stereocenters. The molecule has 10 nitrogen and oxygen atoms in total. The van der Waals surface area contributed by atoms with Crippen molar-refractivity contribution in [3.8, 4) is 0 Å². The first kappa shape index (κ1) is 21.0. The van der Waals surface area contributed by atoms with Crippen molar-refractivity contribution in [3.05, 3.63) is 95.1 Å². The smallest absolute Gasteiger partial charge is 0.325 e. The van der Waals surface area contributed by atoms with Gasteiger partial charge in [-0.25, -0.2) is 9.59 Å². The number of fused-ring (bicyclic) bond motifs is 2. The van der Waals surface area contributed by atoms with Gasteiger partial charge in [-0.05, 0) is 36.4 Å². The molecule has 34 heavy (non-hydrogen) atoms. The maximum atomic E-state index is 12.5. The van der Waals surface area contributed by atoms with Crippen LogP contribution in [-0.4, -0.2) is 45.7 Å². The molecule has 2 aromatic rings. The average molecular weight is 458 g/mol. The van der Waals surface area contributed by atoms with Crippen LogP contribution < -0.4 is 0 Å². The minimum absolute atomic E-state index is 0.0427. The minimum Gasteiger partial charge on any atom is -0.325 e. The number of hydrogen-bond acceptors (Lipinski definition) is 8. The van der Waals surface area contributed by atoms with Crippen LogP contribution in [0.5, 0.6) is 0 Å². The Hall–Kier alpha value is -4.86. The molecule has 2 unspecified atom stereocenters. The molecule has 5 rings (SSSR count). The fraction of sp³-hybridized carbons (Fsp3) is 0.0833. The first-order chi connectivity index (χ1) is 16.4. The van der Waals surface area contributed by atoms with E-state index in [-0.39, 0.29) is 22.3 Å². The lowest BCUT2D eigenvalue weighted by molar-refractivity contribution is -0.174. The predicted octanol–water partition coefficient (Wildman–Crippen LogP) is 1.85. The fourth-order valence-electron chi connectivity index (χ4n) is 3.81. The lowest BCUT2D eigenvalue weighted by atomic mass is 9.91. The number of amides is 4. The van der Waals surface area contributed by atoms with E-state index >= 15 is 0 Å². The van der Waals surface area contributed by atoms with E-state index in [2.05, 4.69) is 0 Å². The number of carbonyl (C=O) groups excluding carboxylic acids is 6. The van der Waals surface area contributed by atoms with Crippen molar-refractivity contribution < 1.29 is 38.4 Å². The summed E-state index contributed by atoms with van der Waals surface area (Å²) in [6.07, 6.45) is 6.40. The van der Waals surface area contributed by atoms with Crippen molar-refractivity contribution in [2.45, 2.75) is 0 Å². The van der Waals surface area contributed by atoms with E-state index in [9.17, 15) is 28.8 Å². The van der Waals surface area contributed by atoms with E-state index in [1.807, 2.05) is 0 Å². The summed E-state index contributed by atoms with van der Waals surface area (Å²) in [5, 5.41) is 0.824. The number of imide groups is 2. The molecule has 1 fully saturated rings. The predicted molar refractivity (Wildman–Crippen MR) is 111 cm³/mol. The zero-order valence-corrected chi connectivity index (χ0v) is 17.2. The Balaban J connectivity index is 1.25. The van der Waals surface area contributed by atoms with Crippen LogP contribution in [0.4, 0.5) is 0 Å². The molecule has 0 aromatic heterocycles. The van der Waals surface area contributed by atoms with E-state index in [4.69, 9.17) is 9.68 Å².